The fourth-order valence-corrected chi connectivity index (χ4v) is 2.01. The van der Waals surface area contributed by atoms with Crippen LogP contribution in [-0.2, 0) is 4.74 Å². The summed E-state index contributed by atoms with van der Waals surface area (Å²) in [7, 11) is 1.69. The van der Waals surface area contributed by atoms with Crippen molar-refractivity contribution in [1.82, 2.24) is 0 Å². The lowest BCUT2D eigenvalue weighted by Crippen LogP contribution is -2.17. The Hall–Kier alpha value is -0.960. The Morgan fingerprint density at radius 2 is 2.36 bits per heavy atom. The van der Waals surface area contributed by atoms with E-state index in [0.29, 0.717) is 5.92 Å². The van der Waals surface area contributed by atoms with Gasteiger partial charge >= 0.3 is 0 Å². The molecule has 0 amide bonds. The summed E-state index contributed by atoms with van der Waals surface area (Å²) in [5, 5.41) is 8.78. The number of aliphatic hydroxyl groups is 1. The zero-order valence-corrected chi connectivity index (χ0v) is 8.92. The zero-order chi connectivity index (χ0) is 10.6. The fourth-order valence-electron chi connectivity index (χ4n) is 2.01. The van der Waals surface area contributed by atoms with Gasteiger partial charge in [-0.1, -0.05) is 0 Å². The molecule has 0 aromatic heterocycles. The predicted molar refractivity (Wildman–Crippen MR) is 56.4 cm³/mol. The first-order valence-electron chi connectivity index (χ1n) is 5.00. The van der Waals surface area contributed by atoms with Crippen LogP contribution in [0.4, 0.5) is 0 Å². The number of nitrogens with two attached hydrogens (primary N) is 1. The molecule has 0 heterocycles. The summed E-state index contributed by atoms with van der Waals surface area (Å²) in [5.74, 6) is 1.37. The molecule has 1 aliphatic rings. The van der Waals surface area contributed by atoms with Crippen LogP contribution in [0, 0.1) is 5.92 Å². The maximum atomic E-state index is 8.78. The normalized spacial score (nSPS) is 22.2. The fraction of sp³-hybridized carbons (Fsp3) is 0.636. The van der Waals surface area contributed by atoms with Crippen molar-refractivity contribution in [2.75, 3.05) is 13.7 Å². The van der Waals surface area contributed by atoms with E-state index in [2.05, 4.69) is 0 Å². The summed E-state index contributed by atoms with van der Waals surface area (Å²) >= 11 is 0. The number of ether oxygens (including phenoxy) is 1. The van der Waals surface area contributed by atoms with Gasteiger partial charge in [0.1, 0.15) is 5.76 Å². The molecule has 0 aromatic carbocycles. The third kappa shape index (κ3) is 2.51. The Balaban J connectivity index is 2.72. The lowest BCUT2D eigenvalue weighted by Gasteiger charge is -2.24. The molecular formula is C11H19NO2. The van der Waals surface area contributed by atoms with E-state index < -0.39 is 0 Å². The minimum Gasteiger partial charge on any atom is -0.501 e. The van der Waals surface area contributed by atoms with Crippen LogP contribution in [0.2, 0.25) is 0 Å². The van der Waals surface area contributed by atoms with Gasteiger partial charge in [-0.2, -0.15) is 0 Å². The van der Waals surface area contributed by atoms with Crippen LogP contribution in [0.25, 0.3) is 0 Å². The summed E-state index contributed by atoms with van der Waals surface area (Å²) in [6.07, 6.45) is 4.55. The summed E-state index contributed by atoms with van der Waals surface area (Å²) in [4.78, 5) is 0. The van der Waals surface area contributed by atoms with Gasteiger partial charge in [0.05, 0.1) is 7.11 Å². The standard InChI is InChI=1S/C11H19NO2/c1-8-6-10(12)7-9(4-3-5-13)11(8)14-2/h6,9,13H,3-5,7,12H2,1-2H3. The molecular weight excluding hydrogens is 178 g/mol. The Kier molecular flexibility index (Phi) is 4.01. The van der Waals surface area contributed by atoms with Crippen molar-refractivity contribution in [3.63, 3.8) is 0 Å². The molecule has 0 saturated carbocycles. The number of hydrogen-bond donors (Lipinski definition) is 2. The topological polar surface area (TPSA) is 55.5 Å². The predicted octanol–water partition coefficient (Wildman–Crippen LogP) is 1.54. The van der Waals surface area contributed by atoms with Crippen molar-refractivity contribution in [3.8, 4) is 0 Å². The quantitative estimate of drug-likeness (QED) is 0.718. The van der Waals surface area contributed by atoms with Gasteiger partial charge in [-0.25, -0.2) is 0 Å². The number of allylic oxidation sites excluding steroid dienone is 4. The van der Waals surface area contributed by atoms with Crippen molar-refractivity contribution in [3.05, 3.63) is 23.1 Å². The first kappa shape index (κ1) is 11.1. The maximum Gasteiger partial charge on any atom is 0.102 e. The second kappa shape index (κ2) is 5.05. The second-order valence-corrected chi connectivity index (χ2v) is 3.74. The summed E-state index contributed by atoms with van der Waals surface area (Å²) in [6.45, 7) is 2.24. The van der Waals surface area contributed by atoms with Gasteiger partial charge in [-0.3, -0.25) is 0 Å². The largest absolute Gasteiger partial charge is 0.501 e. The Morgan fingerprint density at radius 3 is 2.93 bits per heavy atom. The highest BCUT2D eigenvalue weighted by Gasteiger charge is 2.21. The molecule has 0 fully saturated rings. The summed E-state index contributed by atoms with van der Waals surface area (Å²) in [5.41, 5.74) is 7.83. The number of rotatable bonds is 4. The van der Waals surface area contributed by atoms with E-state index in [-0.39, 0.29) is 6.61 Å². The van der Waals surface area contributed by atoms with Gasteiger partial charge < -0.3 is 15.6 Å². The highest BCUT2D eigenvalue weighted by molar-refractivity contribution is 5.30. The Bertz CT molecular complexity index is 256. The van der Waals surface area contributed by atoms with Crippen LogP contribution in [0.1, 0.15) is 26.2 Å². The van der Waals surface area contributed by atoms with E-state index in [1.165, 1.54) is 0 Å². The molecule has 0 bridgehead atoms. The molecule has 1 unspecified atom stereocenters. The summed E-state index contributed by atoms with van der Waals surface area (Å²) < 4.78 is 5.36. The van der Waals surface area contributed by atoms with Gasteiger partial charge in [-0.15, -0.1) is 0 Å². The Morgan fingerprint density at radius 1 is 1.64 bits per heavy atom. The van der Waals surface area contributed by atoms with Crippen molar-refractivity contribution in [1.29, 1.82) is 0 Å². The first-order valence-corrected chi connectivity index (χ1v) is 5.00. The lowest BCUT2D eigenvalue weighted by molar-refractivity contribution is 0.213. The number of hydrogen-bond acceptors (Lipinski definition) is 3. The third-order valence-corrected chi connectivity index (χ3v) is 2.57. The van der Waals surface area contributed by atoms with E-state index in [4.69, 9.17) is 15.6 Å². The van der Waals surface area contributed by atoms with Gasteiger partial charge in [0.25, 0.3) is 0 Å². The molecule has 0 spiro atoms. The van der Waals surface area contributed by atoms with Crippen LogP contribution in [-0.4, -0.2) is 18.8 Å². The maximum absolute atomic E-state index is 8.78. The van der Waals surface area contributed by atoms with Crippen LogP contribution >= 0.6 is 0 Å². The van der Waals surface area contributed by atoms with Crippen molar-refractivity contribution in [2.24, 2.45) is 11.7 Å². The highest BCUT2D eigenvalue weighted by Crippen LogP contribution is 2.31. The van der Waals surface area contributed by atoms with Crippen molar-refractivity contribution in [2.45, 2.75) is 26.2 Å². The van der Waals surface area contributed by atoms with E-state index in [1.54, 1.807) is 7.11 Å². The first-order chi connectivity index (χ1) is 6.69. The Labute approximate surface area is 85.3 Å². The number of aliphatic hydroxyl groups excluding tert-OH is 1. The molecule has 3 N–H and O–H groups in total. The monoisotopic (exact) mass is 197 g/mol. The van der Waals surface area contributed by atoms with Gasteiger partial charge in [0, 0.05) is 18.2 Å². The minimum atomic E-state index is 0.232. The van der Waals surface area contributed by atoms with Crippen molar-refractivity contribution < 1.29 is 9.84 Å². The molecule has 1 atom stereocenters. The number of methoxy groups -OCH3 is 1. The average molecular weight is 197 g/mol. The summed E-state index contributed by atoms with van der Waals surface area (Å²) in [6, 6.07) is 0. The second-order valence-electron chi connectivity index (χ2n) is 3.74. The molecule has 0 aliphatic heterocycles. The molecule has 3 heteroatoms. The highest BCUT2D eigenvalue weighted by atomic mass is 16.5. The van der Waals surface area contributed by atoms with Crippen LogP contribution in [0.15, 0.2) is 23.1 Å². The molecule has 1 aliphatic carbocycles. The van der Waals surface area contributed by atoms with E-state index in [9.17, 15) is 0 Å². The smallest absolute Gasteiger partial charge is 0.102 e. The van der Waals surface area contributed by atoms with E-state index in [1.807, 2.05) is 13.0 Å². The lowest BCUT2D eigenvalue weighted by atomic mass is 9.89. The van der Waals surface area contributed by atoms with Gasteiger partial charge in [-0.05, 0) is 37.8 Å². The SMILES string of the molecule is COC1=C(C)C=C(N)CC1CCCO. The molecule has 0 radical (unpaired) electrons. The minimum absolute atomic E-state index is 0.232. The van der Waals surface area contributed by atoms with Gasteiger partial charge in [0.15, 0.2) is 0 Å². The van der Waals surface area contributed by atoms with Crippen molar-refractivity contribution >= 4 is 0 Å². The zero-order valence-electron chi connectivity index (χ0n) is 8.92. The molecule has 0 aromatic rings. The molecule has 80 valence electrons. The van der Waals surface area contributed by atoms with Crippen LogP contribution in [0.5, 0.6) is 0 Å². The molecule has 3 nitrogen and oxygen atoms in total. The van der Waals surface area contributed by atoms with Gasteiger partial charge in [0.2, 0.25) is 0 Å². The molecule has 14 heavy (non-hydrogen) atoms. The molecule has 1 rings (SSSR count). The van der Waals surface area contributed by atoms with E-state index >= 15 is 0 Å². The van der Waals surface area contributed by atoms with E-state index in [0.717, 1.165) is 36.3 Å². The third-order valence-electron chi connectivity index (χ3n) is 2.57. The van der Waals surface area contributed by atoms with Crippen LogP contribution < -0.4 is 5.73 Å². The molecule has 0 saturated heterocycles. The average Bonchev–Trinajstić information content (AvgIpc) is 2.14. The van der Waals surface area contributed by atoms with Crippen LogP contribution in [0.3, 0.4) is 0 Å².